The molecule has 1 aromatic rings. The van der Waals surface area contributed by atoms with Crippen molar-refractivity contribution in [2.24, 2.45) is 0 Å². The highest BCUT2D eigenvalue weighted by molar-refractivity contribution is 5.76. The van der Waals surface area contributed by atoms with Gasteiger partial charge in [0.2, 0.25) is 0 Å². The van der Waals surface area contributed by atoms with Gasteiger partial charge < -0.3 is 19.7 Å². The van der Waals surface area contributed by atoms with E-state index in [4.69, 9.17) is 9.47 Å². The summed E-state index contributed by atoms with van der Waals surface area (Å²) in [7, 11) is 0. The van der Waals surface area contributed by atoms with Crippen LogP contribution in [-0.2, 0) is 15.0 Å². The molecule has 0 bridgehead atoms. The maximum atomic E-state index is 13.1. The third kappa shape index (κ3) is 4.45. The normalized spacial score (nSPS) is 25.7. The molecule has 1 unspecified atom stereocenters. The Morgan fingerprint density at radius 3 is 2.70 bits per heavy atom. The SMILES string of the molecule is Cc1ccccc1C1(NC(=O)N2CCCOC(CN3CCOCC3)C2)CC1. The first-order chi connectivity index (χ1) is 13.2. The summed E-state index contributed by atoms with van der Waals surface area (Å²) in [5.41, 5.74) is 2.34. The molecule has 1 aromatic carbocycles. The number of amides is 2. The lowest BCUT2D eigenvalue weighted by Crippen LogP contribution is -2.50. The smallest absolute Gasteiger partial charge is 0.318 e. The summed E-state index contributed by atoms with van der Waals surface area (Å²) >= 11 is 0. The molecule has 2 saturated heterocycles. The number of aryl methyl sites for hydroxylation is 1. The Bertz CT molecular complexity index is 656. The standard InChI is InChI=1S/C21H31N3O3/c1-17-5-2-3-6-19(17)21(7-8-21)22-20(25)24-9-4-12-27-18(16-24)15-23-10-13-26-14-11-23/h2-3,5-6,18H,4,7-16H2,1H3,(H,22,25). The molecule has 1 atom stereocenters. The van der Waals surface area contributed by atoms with Crippen molar-refractivity contribution in [1.29, 1.82) is 0 Å². The molecule has 3 aliphatic rings. The predicted octanol–water partition coefficient (Wildman–Crippen LogP) is 2.12. The Hall–Kier alpha value is -1.63. The summed E-state index contributed by atoms with van der Waals surface area (Å²) in [6.07, 6.45) is 3.01. The number of benzene rings is 1. The molecule has 0 spiro atoms. The highest BCUT2D eigenvalue weighted by Gasteiger charge is 2.47. The van der Waals surface area contributed by atoms with Crippen LogP contribution in [0.25, 0.3) is 0 Å². The maximum Gasteiger partial charge on any atom is 0.318 e. The second-order valence-electron chi connectivity index (χ2n) is 8.03. The zero-order chi connectivity index (χ0) is 18.7. The molecule has 0 radical (unpaired) electrons. The van der Waals surface area contributed by atoms with Crippen molar-refractivity contribution in [2.75, 3.05) is 52.5 Å². The molecule has 2 amide bonds. The fourth-order valence-electron chi connectivity index (χ4n) is 4.24. The molecule has 6 heteroatoms. The van der Waals surface area contributed by atoms with Crippen LogP contribution >= 0.6 is 0 Å². The molecule has 4 rings (SSSR count). The fourth-order valence-corrected chi connectivity index (χ4v) is 4.24. The number of morpholine rings is 1. The lowest BCUT2D eigenvalue weighted by atomic mass is 9.99. The molecular weight excluding hydrogens is 342 g/mol. The van der Waals surface area contributed by atoms with Gasteiger partial charge in [0.25, 0.3) is 0 Å². The number of nitrogens with one attached hydrogen (secondary N) is 1. The number of urea groups is 1. The van der Waals surface area contributed by atoms with E-state index in [1.54, 1.807) is 0 Å². The van der Waals surface area contributed by atoms with Crippen molar-refractivity contribution in [2.45, 2.75) is 37.8 Å². The van der Waals surface area contributed by atoms with Gasteiger partial charge in [-0.05, 0) is 37.3 Å². The van der Waals surface area contributed by atoms with Gasteiger partial charge in [0.05, 0.1) is 24.9 Å². The van der Waals surface area contributed by atoms with Gasteiger partial charge in [0, 0.05) is 39.3 Å². The molecule has 27 heavy (non-hydrogen) atoms. The van der Waals surface area contributed by atoms with Crippen molar-refractivity contribution in [1.82, 2.24) is 15.1 Å². The minimum Gasteiger partial charge on any atom is -0.379 e. The first-order valence-corrected chi connectivity index (χ1v) is 10.2. The second kappa shape index (κ2) is 8.17. The van der Waals surface area contributed by atoms with Crippen molar-refractivity contribution in [3.8, 4) is 0 Å². The molecule has 1 N–H and O–H groups in total. The number of rotatable bonds is 4. The van der Waals surface area contributed by atoms with E-state index in [1.165, 1.54) is 11.1 Å². The first-order valence-electron chi connectivity index (χ1n) is 10.2. The van der Waals surface area contributed by atoms with Gasteiger partial charge in [-0.15, -0.1) is 0 Å². The lowest BCUT2D eigenvalue weighted by molar-refractivity contribution is -0.0101. The van der Waals surface area contributed by atoms with E-state index >= 15 is 0 Å². The third-order valence-corrected chi connectivity index (χ3v) is 5.96. The topological polar surface area (TPSA) is 54.0 Å². The molecule has 1 saturated carbocycles. The number of carbonyl (C=O) groups excluding carboxylic acids is 1. The van der Waals surface area contributed by atoms with Gasteiger partial charge in [0.1, 0.15) is 0 Å². The van der Waals surface area contributed by atoms with E-state index in [-0.39, 0.29) is 17.7 Å². The van der Waals surface area contributed by atoms with Crippen molar-refractivity contribution >= 4 is 6.03 Å². The van der Waals surface area contributed by atoms with E-state index in [0.717, 1.165) is 65.3 Å². The Balaban J connectivity index is 1.38. The van der Waals surface area contributed by atoms with Gasteiger partial charge >= 0.3 is 6.03 Å². The van der Waals surface area contributed by atoms with Crippen molar-refractivity contribution < 1.29 is 14.3 Å². The summed E-state index contributed by atoms with van der Waals surface area (Å²) < 4.78 is 11.5. The number of hydrogen-bond donors (Lipinski definition) is 1. The average Bonchev–Trinajstić information content (AvgIpc) is 3.48. The van der Waals surface area contributed by atoms with E-state index < -0.39 is 0 Å². The predicted molar refractivity (Wildman–Crippen MR) is 104 cm³/mol. The first kappa shape index (κ1) is 18.7. The molecule has 6 nitrogen and oxygen atoms in total. The quantitative estimate of drug-likeness (QED) is 0.878. The van der Waals surface area contributed by atoms with Gasteiger partial charge in [-0.2, -0.15) is 0 Å². The molecule has 148 valence electrons. The highest BCUT2D eigenvalue weighted by Crippen LogP contribution is 2.46. The average molecular weight is 373 g/mol. The van der Waals surface area contributed by atoms with Gasteiger partial charge in [-0.3, -0.25) is 4.90 Å². The molecule has 3 fully saturated rings. The number of ether oxygens (including phenoxy) is 2. The van der Waals surface area contributed by atoms with E-state index in [9.17, 15) is 4.79 Å². The monoisotopic (exact) mass is 373 g/mol. The summed E-state index contributed by atoms with van der Waals surface area (Å²) in [6.45, 7) is 8.61. The van der Waals surface area contributed by atoms with E-state index in [0.29, 0.717) is 6.54 Å². The molecule has 0 aromatic heterocycles. The van der Waals surface area contributed by atoms with Crippen LogP contribution < -0.4 is 5.32 Å². The lowest BCUT2D eigenvalue weighted by Gasteiger charge is -2.32. The van der Waals surface area contributed by atoms with Crippen LogP contribution in [0.2, 0.25) is 0 Å². The van der Waals surface area contributed by atoms with Crippen LogP contribution in [0.4, 0.5) is 4.79 Å². The Morgan fingerprint density at radius 1 is 1.19 bits per heavy atom. The molecule has 2 heterocycles. The van der Waals surface area contributed by atoms with Crippen molar-refractivity contribution in [3.05, 3.63) is 35.4 Å². The van der Waals surface area contributed by atoms with Crippen LogP contribution in [0.3, 0.4) is 0 Å². The van der Waals surface area contributed by atoms with Crippen LogP contribution in [0.15, 0.2) is 24.3 Å². The van der Waals surface area contributed by atoms with Gasteiger partial charge in [-0.25, -0.2) is 4.79 Å². The summed E-state index contributed by atoms with van der Waals surface area (Å²) in [4.78, 5) is 17.4. The summed E-state index contributed by atoms with van der Waals surface area (Å²) in [6, 6.07) is 8.44. The number of carbonyl (C=O) groups is 1. The van der Waals surface area contributed by atoms with Crippen LogP contribution in [0, 0.1) is 6.92 Å². The minimum absolute atomic E-state index is 0.0493. The molecule has 2 aliphatic heterocycles. The van der Waals surface area contributed by atoms with Crippen molar-refractivity contribution in [3.63, 3.8) is 0 Å². The minimum atomic E-state index is -0.171. The summed E-state index contributed by atoms with van der Waals surface area (Å²) in [5, 5.41) is 3.34. The highest BCUT2D eigenvalue weighted by atomic mass is 16.5. The Morgan fingerprint density at radius 2 is 1.96 bits per heavy atom. The largest absolute Gasteiger partial charge is 0.379 e. The van der Waals surface area contributed by atoms with Crippen LogP contribution in [-0.4, -0.2) is 74.5 Å². The Labute approximate surface area is 161 Å². The number of nitrogens with zero attached hydrogens (tertiary/aromatic N) is 2. The Kier molecular flexibility index (Phi) is 5.66. The zero-order valence-corrected chi connectivity index (χ0v) is 16.3. The van der Waals surface area contributed by atoms with Crippen LogP contribution in [0.5, 0.6) is 0 Å². The summed E-state index contributed by atoms with van der Waals surface area (Å²) in [5.74, 6) is 0. The fraction of sp³-hybridized carbons (Fsp3) is 0.667. The van der Waals surface area contributed by atoms with Gasteiger partial charge in [0.15, 0.2) is 0 Å². The molecular formula is C21H31N3O3. The second-order valence-corrected chi connectivity index (χ2v) is 8.03. The van der Waals surface area contributed by atoms with E-state index in [2.05, 4.69) is 41.4 Å². The zero-order valence-electron chi connectivity index (χ0n) is 16.3. The molecule has 1 aliphatic carbocycles. The van der Waals surface area contributed by atoms with Gasteiger partial charge in [-0.1, -0.05) is 24.3 Å². The van der Waals surface area contributed by atoms with E-state index in [1.807, 2.05) is 4.90 Å². The third-order valence-electron chi connectivity index (χ3n) is 5.96. The number of hydrogen-bond acceptors (Lipinski definition) is 4. The maximum absolute atomic E-state index is 13.1. The van der Waals surface area contributed by atoms with Crippen LogP contribution in [0.1, 0.15) is 30.4 Å².